The first-order chi connectivity index (χ1) is 8.78. The molecule has 0 bridgehead atoms. The van der Waals surface area contributed by atoms with Crippen LogP contribution in [0, 0.1) is 0 Å². The van der Waals surface area contributed by atoms with Crippen LogP contribution in [-0.4, -0.2) is 16.3 Å². The first kappa shape index (κ1) is 12.2. The Hall–Kier alpha value is -2.30. The molecular formula is C13H15N3O2. The van der Waals surface area contributed by atoms with Crippen LogP contribution in [0.15, 0.2) is 36.4 Å². The van der Waals surface area contributed by atoms with Gasteiger partial charge in [-0.15, -0.1) is 0 Å². The summed E-state index contributed by atoms with van der Waals surface area (Å²) in [5.74, 6) is 0.477. The molecule has 2 rings (SSSR count). The van der Waals surface area contributed by atoms with Crippen molar-refractivity contribution in [3.63, 3.8) is 0 Å². The highest BCUT2D eigenvalue weighted by Gasteiger charge is 2.06. The lowest BCUT2D eigenvalue weighted by Crippen LogP contribution is -2.13. The van der Waals surface area contributed by atoms with E-state index in [4.69, 9.17) is 4.74 Å². The standard InChI is InChI=1S/C13H15N3O2/c1-2-11-8-12(16-15-11)14-13(17)18-9-10-6-4-3-5-7-10/h3-8H,2,9H2,1H3,(H2,14,15,16,17). The van der Waals surface area contributed by atoms with Gasteiger partial charge in [0.05, 0.1) is 0 Å². The summed E-state index contributed by atoms with van der Waals surface area (Å²) < 4.78 is 5.07. The van der Waals surface area contributed by atoms with Crippen molar-refractivity contribution in [3.8, 4) is 0 Å². The SMILES string of the molecule is CCc1cc(NC(=O)OCc2ccccc2)n[nH]1. The number of anilines is 1. The molecule has 0 radical (unpaired) electrons. The number of aromatic nitrogens is 2. The van der Waals surface area contributed by atoms with E-state index in [2.05, 4.69) is 15.5 Å². The molecule has 0 fully saturated rings. The summed E-state index contributed by atoms with van der Waals surface area (Å²) >= 11 is 0. The maximum atomic E-state index is 11.5. The van der Waals surface area contributed by atoms with Crippen LogP contribution in [0.3, 0.4) is 0 Å². The highest BCUT2D eigenvalue weighted by Crippen LogP contribution is 2.07. The van der Waals surface area contributed by atoms with Gasteiger partial charge in [-0.1, -0.05) is 37.3 Å². The fourth-order valence-corrected chi connectivity index (χ4v) is 1.47. The van der Waals surface area contributed by atoms with Crippen molar-refractivity contribution in [1.29, 1.82) is 0 Å². The molecule has 0 spiro atoms. The minimum atomic E-state index is -0.506. The van der Waals surface area contributed by atoms with Gasteiger partial charge in [-0.25, -0.2) is 4.79 Å². The zero-order valence-electron chi connectivity index (χ0n) is 10.1. The average Bonchev–Trinajstić information content (AvgIpc) is 2.85. The number of carbonyl (C=O) groups excluding carboxylic acids is 1. The molecule has 5 nitrogen and oxygen atoms in total. The fraction of sp³-hybridized carbons (Fsp3) is 0.231. The van der Waals surface area contributed by atoms with Crippen molar-refractivity contribution in [2.24, 2.45) is 0 Å². The van der Waals surface area contributed by atoms with Crippen molar-refractivity contribution < 1.29 is 9.53 Å². The first-order valence-corrected chi connectivity index (χ1v) is 5.80. The van der Waals surface area contributed by atoms with Gasteiger partial charge in [0.25, 0.3) is 0 Å². The van der Waals surface area contributed by atoms with Gasteiger partial charge in [-0.05, 0) is 12.0 Å². The van der Waals surface area contributed by atoms with Crippen LogP contribution in [0.5, 0.6) is 0 Å². The quantitative estimate of drug-likeness (QED) is 0.870. The molecule has 0 unspecified atom stereocenters. The molecule has 1 amide bonds. The van der Waals surface area contributed by atoms with E-state index in [1.807, 2.05) is 37.3 Å². The summed E-state index contributed by atoms with van der Waals surface area (Å²) in [5, 5.41) is 9.32. The Bertz CT molecular complexity index is 508. The van der Waals surface area contributed by atoms with Crippen LogP contribution in [-0.2, 0) is 17.8 Å². The van der Waals surface area contributed by atoms with Gasteiger partial charge < -0.3 is 4.74 Å². The van der Waals surface area contributed by atoms with E-state index in [9.17, 15) is 4.79 Å². The molecule has 0 saturated heterocycles. The minimum absolute atomic E-state index is 0.248. The van der Waals surface area contributed by atoms with E-state index >= 15 is 0 Å². The van der Waals surface area contributed by atoms with Gasteiger partial charge in [-0.2, -0.15) is 5.10 Å². The van der Waals surface area contributed by atoms with Gasteiger partial charge in [0, 0.05) is 11.8 Å². The molecule has 5 heteroatoms. The Kier molecular flexibility index (Phi) is 3.96. The van der Waals surface area contributed by atoms with Gasteiger partial charge in [0.2, 0.25) is 0 Å². The second-order valence-corrected chi connectivity index (χ2v) is 3.82. The number of carbonyl (C=O) groups is 1. The summed E-state index contributed by atoms with van der Waals surface area (Å²) in [4.78, 5) is 11.5. The lowest BCUT2D eigenvalue weighted by Gasteiger charge is -2.04. The maximum Gasteiger partial charge on any atom is 0.413 e. The van der Waals surface area contributed by atoms with Gasteiger partial charge in [0.15, 0.2) is 5.82 Å². The third-order valence-corrected chi connectivity index (χ3v) is 2.45. The van der Waals surface area contributed by atoms with Crippen molar-refractivity contribution in [2.75, 3.05) is 5.32 Å². The summed E-state index contributed by atoms with van der Waals surface area (Å²) in [6.07, 6.45) is 0.335. The molecular weight excluding hydrogens is 230 g/mol. The molecule has 0 aliphatic carbocycles. The van der Waals surface area contributed by atoms with E-state index in [-0.39, 0.29) is 6.61 Å². The third kappa shape index (κ3) is 3.35. The normalized spacial score (nSPS) is 10.1. The number of benzene rings is 1. The van der Waals surface area contributed by atoms with E-state index in [1.54, 1.807) is 6.07 Å². The number of hydrogen-bond donors (Lipinski definition) is 2. The monoisotopic (exact) mass is 245 g/mol. The third-order valence-electron chi connectivity index (χ3n) is 2.45. The number of aromatic amines is 1. The maximum absolute atomic E-state index is 11.5. The largest absolute Gasteiger partial charge is 0.444 e. The molecule has 1 heterocycles. The van der Waals surface area contributed by atoms with Crippen LogP contribution < -0.4 is 5.32 Å². The van der Waals surface area contributed by atoms with Gasteiger partial charge >= 0.3 is 6.09 Å². The summed E-state index contributed by atoms with van der Waals surface area (Å²) in [6, 6.07) is 11.3. The number of nitrogens with zero attached hydrogens (tertiary/aromatic N) is 1. The van der Waals surface area contributed by atoms with Gasteiger partial charge in [0.1, 0.15) is 6.61 Å². The van der Waals surface area contributed by atoms with Gasteiger partial charge in [-0.3, -0.25) is 10.4 Å². The number of nitrogens with one attached hydrogen (secondary N) is 2. The van der Waals surface area contributed by atoms with Crippen LogP contribution in [0.2, 0.25) is 0 Å². The van der Waals surface area contributed by atoms with Crippen molar-refractivity contribution in [2.45, 2.75) is 20.0 Å². The zero-order chi connectivity index (χ0) is 12.8. The smallest absolute Gasteiger partial charge is 0.413 e. The molecule has 1 aromatic carbocycles. The predicted octanol–water partition coefficient (Wildman–Crippen LogP) is 2.72. The molecule has 1 aromatic heterocycles. The molecule has 0 aliphatic heterocycles. The summed E-state index contributed by atoms with van der Waals surface area (Å²) in [7, 11) is 0. The topological polar surface area (TPSA) is 67.0 Å². The predicted molar refractivity (Wildman–Crippen MR) is 68.2 cm³/mol. The second kappa shape index (κ2) is 5.86. The van der Waals surface area contributed by atoms with E-state index in [0.717, 1.165) is 17.7 Å². The molecule has 0 atom stereocenters. The Morgan fingerprint density at radius 3 is 2.83 bits per heavy atom. The number of aryl methyl sites for hydroxylation is 1. The number of ether oxygens (including phenoxy) is 1. The Balaban J connectivity index is 1.82. The second-order valence-electron chi connectivity index (χ2n) is 3.82. The number of H-pyrrole nitrogens is 1. The molecule has 2 N–H and O–H groups in total. The fourth-order valence-electron chi connectivity index (χ4n) is 1.47. The molecule has 94 valence electrons. The summed E-state index contributed by atoms with van der Waals surface area (Å²) in [6.45, 7) is 2.25. The van der Waals surface area contributed by atoms with Crippen molar-refractivity contribution >= 4 is 11.9 Å². The van der Waals surface area contributed by atoms with E-state index in [1.165, 1.54) is 0 Å². The van der Waals surface area contributed by atoms with Crippen LogP contribution in [0.4, 0.5) is 10.6 Å². The number of amides is 1. The minimum Gasteiger partial charge on any atom is -0.444 e. The molecule has 0 aliphatic rings. The Labute approximate surface area is 105 Å². The zero-order valence-corrected chi connectivity index (χ0v) is 10.1. The highest BCUT2D eigenvalue weighted by molar-refractivity contribution is 5.83. The Morgan fingerprint density at radius 1 is 1.39 bits per heavy atom. The van der Waals surface area contributed by atoms with Crippen LogP contribution >= 0.6 is 0 Å². The Morgan fingerprint density at radius 2 is 2.17 bits per heavy atom. The van der Waals surface area contributed by atoms with Crippen molar-refractivity contribution in [1.82, 2.24) is 10.2 Å². The van der Waals surface area contributed by atoms with Crippen LogP contribution in [0.1, 0.15) is 18.2 Å². The highest BCUT2D eigenvalue weighted by atomic mass is 16.5. The van der Waals surface area contributed by atoms with E-state index in [0.29, 0.717) is 5.82 Å². The number of rotatable bonds is 4. The van der Waals surface area contributed by atoms with Crippen LogP contribution in [0.25, 0.3) is 0 Å². The first-order valence-electron chi connectivity index (χ1n) is 5.80. The van der Waals surface area contributed by atoms with E-state index < -0.39 is 6.09 Å². The average molecular weight is 245 g/mol. The number of hydrogen-bond acceptors (Lipinski definition) is 3. The molecule has 0 saturated carbocycles. The lowest BCUT2D eigenvalue weighted by molar-refractivity contribution is 0.155. The lowest BCUT2D eigenvalue weighted by atomic mass is 10.2. The van der Waals surface area contributed by atoms with Crippen molar-refractivity contribution in [3.05, 3.63) is 47.7 Å². The molecule has 18 heavy (non-hydrogen) atoms. The summed E-state index contributed by atoms with van der Waals surface area (Å²) in [5.41, 5.74) is 1.91. The molecule has 2 aromatic rings.